The Bertz CT molecular complexity index is 1120. The molecule has 3 N–H and O–H groups in total. The summed E-state index contributed by atoms with van der Waals surface area (Å²) in [5.74, 6) is -0.0934. The van der Waals surface area contributed by atoms with E-state index in [1.54, 1.807) is 43.6 Å². The van der Waals surface area contributed by atoms with Crippen LogP contribution in [-0.4, -0.2) is 23.8 Å². The normalized spacial score (nSPS) is 12.3. The fourth-order valence-corrected chi connectivity index (χ4v) is 3.17. The molecule has 3 rings (SSSR count). The molecule has 0 saturated carbocycles. The van der Waals surface area contributed by atoms with Gasteiger partial charge >= 0.3 is 0 Å². The third-order valence-electron chi connectivity index (χ3n) is 4.22. The van der Waals surface area contributed by atoms with E-state index in [9.17, 15) is 4.79 Å². The van der Waals surface area contributed by atoms with Gasteiger partial charge in [0.1, 0.15) is 5.84 Å². The van der Waals surface area contributed by atoms with Crippen molar-refractivity contribution >= 4 is 51.5 Å². The fourth-order valence-electron chi connectivity index (χ4n) is 2.74. The van der Waals surface area contributed by atoms with E-state index < -0.39 is 5.91 Å². The van der Waals surface area contributed by atoms with Gasteiger partial charge in [0.15, 0.2) is 0 Å². The Labute approximate surface area is 172 Å². The van der Waals surface area contributed by atoms with Gasteiger partial charge in [-0.15, -0.1) is 0 Å². The number of amides is 1. The van der Waals surface area contributed by atoms with E-state index >= 15 is 0 Å². The number of hydrogen-bond donors (Lipinski definition) is 2. The summed E-state index contributed by atoms with van der Waals surface area (Å²) in [6.45, 7) is 1.93. The molecular formula is C21H18Cl2N4O. The van der Waals surface area contributed by atoms with E-state index in [0.29, 0.717) is 32.7 Å². The van der Waals surface area contributed by atoms with Crippen LogP contribution in [0, 0.1) is 6.92 Å². The van der Waals surface area contributed by atoms with Gasteiger partial charge < -0.3 is 11.1 Å². The van der Waals surface area contributed by atoms with Gasteiger partial charge in [-0.2, -0.15) is 0 Å². The summed E-state index contributed by atoms with van der Waals surface area (Å²) in [6, 6.07) is 12.5. The van der Waals surface area contributed by atoms with E-state index in [-0.39, 0.29) is 0 Å². The third kappa shape index (κ3) is 4.32. The topological polar surface area (TPSA) is 80.4 Å². The molecule has 0 atom stereocenters. The number of hydrogen-bond acceptors (Lipinski definition) is 4. The summed E-state index contributed by atoms with van der Waals surface area (Å²) < 4.78 is 0. The van der Waals surface area contributed by atoms with Gasteiger partial charge in [-0.05, 0) is 42.8 Å². The molecule has 0 aliphatic carbocycles. The first-order valence-electron chi connectivity index (χ1n) is 8.45. The first-order valence-corrected chi connectivity index (χ1v) is 9.20. The number of nitrogens with two attached hydrogens (primary N) is 1. The molecular weight excluding hydrogens is 395 g/mol. The van der Waals surface area contributed by atoms with Crippen molar-refractivity contribution in [3.63, 3.8) is 0 Å². The lowest BCUT2D eigenvalue weighted by Gasteiger charge is -2.10. The summed E-state index contributed by atoms with van der Waals surface area (Å²) in [7, 11) is 1.56. The molecule has 0 aliphatic heterocycles. The zero-order valence-electron chi connectivity index (χ0n) is 15.3. The summed E-state index contributed by atoms with van der Waals surface area (Å²) in [4.78, 5) is 21.1. The minimum absolute atomic E-state index is 0.305. The molecule has 1 aromatic heterocycles. The van der Waals surface area contributed by atoms with Crippen LogP contribution in [0.25, 0.3) is 16.6 Å². The van der Waals surface area contributed by atoms with E-state index in [4.69, 9.17) is 28.9 Å². The highest BCUT2D eigenvalue weighted by Gasteiger charge is 2.14. The largest absolute Gasteiger partial charge is 0.398 e. The molecule has 142 valence electrons. The Morgan fingerprint density at radius 3 is 2.71 bits per heavy atom. The Hall–Kier alpha value is -2.89. The molecule has 0 radical (unpaired) electrons. The highest BCUT2D eigenvalue weighted by molar-refractivity contribution is 6.35. The molecule has 0 spiro atoms. The van der Waals surface area contributed by atoms with Gasteiger partial charge in [-0.3, -0.25) is 14.8 Å². The van der Waals surface area contributed by atoms with Crippen molar-refractivity contribution in [2.75, 3.05) is 7.05 Å². The number of carbonyl (C=O) groups excluding carboxylic acids is 1. The van der Waals surface area contributed by atoms with Gasteiger partial charge in [0.2, 0.25) is 0 Å². The molecule has 0 fully saturated rings. The maximum atomic E-state index is 12.7. The molecule has 3 aromatic rings. The summed E-state index contributed by atoms with van der Waals surface area (Å²) >= 11 is 12.3. The van der Waals surface area contributed by atoms with Gasteiger partial charge in [-0.1, -0.05) is 35.3 Å². The van der Waals surface area contributed by atoms with Crippen LogP contribution < -0.4 is 11.1 Å². The average molecular weight is 413 g/mol. The van der Waals surface area contributed by atoms with Crippen LogP contribution in [0.15, 0.2) is 59.7 Å². The number of amidine groups is 1. The number of aliphatic imine (C=N–C) groups is 1. The third-order valence-corrected chi connectivity index (χ3v) is 4.77. The SMILES string of the molecule is CN=C(C=C(N)c1cc(Cl)ccc1C)NC(=O)c1cc2ncccc2cc1Cl. The van der Waals surface area contributed by atoms with Crippen molar-refractivity contribution in [1.82, 2.24) is 10.3 Å². The van der Waals surface area contributed by atoms with Crippen molar-refractivity contribution in [2.24, 2.45) is 10.7 Å². The first-order chi connectivity index (χ1) is 13.4. The number of rotatable bonds is 3. The molecule has 28 heavy (non-hydrogen) atoms. The number of aryl methyl sites for hydroxylation is 1. The van der Waals surface area contributed by atoms with Crippen LogP contribution in [0.3, 0.4) is 0 Å². The van der Waals surface area contributed by atoms with Crippen LogP contribution in [0.1, 0.15) is 21.5 Å². The van der Waals surface area contributed by atoms with Crippen molar-refractivity contribution in [3.8, 4) is 0 Å². The molecule has 5 nitrogen and oxygen atoms in total. The summed E-state index contributed by atoms with van der Waals surface area (Å²) in [5, 5.41) is 4.49. The van der Waals surface area contributed by atoms with Crippen LogP contribution >= 0.6 is 23.2 Å². The minimum atomic E-state index is -0.398. The van der Waals surface area contributed by atoms with E-state index in [1.165, 1.54) is 0 Å². The first kappa shape index (κ1) is 19.9. The maximum absolute atomic E-state index is 12.7. The number of nitrogens with zero attached hydrogens (tertiary/aromatic N) is 2. The quantitative estimate of drug-likeness (QED) is 0.486. The lowest BCUT2D eigenvalue weighted by atomic mass is 10.1. The lowest BCUT2D eigenvalue weighted by Crippen LogP contribution is -2.30. The van der Waals surface area contributed by atoms with Crippen molar-refractivity contribution in [2.45, 2.75) is 6.92 Å². The van der Waals surface area contributed by atoms with E-state index in [0.717, 1.165) is 16.5 Å². The summed E-state index contributed by atoms with van der Waals surface area (Å²) in [5.41, 5.74) is 9.35. The second-order valence-corrected chi connectivity index (χ2v) is 6.99. The molecule has 2 aromatic carbocycles. The Balaban J connectivity index is 1.88. The number of carbonyl (C=O) groups is 1. The number of pyridine rings is 1. The lowest BCUT2D eigenvalue weighted by molar-refractivity contribution is 0.0977. The standard InChI is InChI=1S/C21H18Cl2N4O/c1-12-5-6-14(22)9-15(12)18(24)11-20(25-2)27-21(28)16-10-19-13(8-17(16)23)4-3-7-26-19/h3-11H,24H2,1-2H3,(H,25,27,28). The zero-order chi connectivity index (χ0) is 20.3. The smallest absolute Gasteiger partial charge is 0.258 e. The summed E-state index contributed by atoms with van der Waals surface area (Å²) in [6.07, 6.45) is 3.25. The van der Waals surface area contributed by atoms with Gasteiger partial charge in [0.25, 0.3) is 5.91 Å². The molecule has 1 amide bonds. The molecule has 0 bridgehead atoms. The highest BCUT2D eigenvalue weighted by atomic mass is 35.5. The Morgan fingerprint density at radius 2 is 1.96 bits per heavy atom. The van der Waals surface area contributed by atoms with Crippen LogP contribution in [0.2, 0.25) is 10.0 Å². The molecule has 0 saturated heterocycles. The van der Waals surface area contributed by atoms with Crippen molar-refractivity contribution in [1.29, 1.82) is 0 Å². The second kappa shape index (κ2) is 8.42. The Morgan fingerprint density at radius 1 is 1.18 bits per heavy atom. The Kier molecular flexibility index (Phi) is 5.97. The molecule has 0 aliphatic rings. The second-order valence-electron chi connectivity index (χ2n) is 6.15. The average Bonchev–Trinajstić information content (AvgIpc) is 2.68. The van der Waals surface area contributed by atoms with Gasteiger partial charge in [0.05, 0.1) is 16.1 Å². The highest BCUT2D eigenvalue weighted by Crippen LogP contribution is 2.23. The van der Waals surface area contributed by atoms with E-state index in [1.807, 2.05) is 25.1 Å². The van der Waals surface area contributed by atoms with Crippen LogP contribution in [0.5, 0.6) is 0 Å². The number of aromatic nitrogens is 1. The van der Waals surface area contributed by atoms with Crippen LogP contribution in [0.4, 0.5) is 0 Å². The number of fused-ring (bicyclic) bond motifs is 1. The fraction of sp³-hybridized carbons (Fsp3) is 0.0952. The predicted molar refractivity (Wildman–Crippen MR) is 116 cm³/mol. The number of halogens is 2. The van der Waals surface area contributed by atoms with E-state index in [2.05, 4.69) is 15.3 Å². The zero-order valence-corrected chi connectivity index (χ0v) is 16.8. The number of nitrogens with one attached hydrogen (secondary N) is 1. The maximum Gasteiger partial charge on any atom is 0.258 e. The molecule has 1 heterocycles. The monoisotopic (exact) mass is 412 g/mol. The van der Waals surface area contributed by atoms with Crippen molar-refractivity contribution < 1.29 is 4.79 Å². The van der Waals surface area contributed by atoms with Gasteiger partial charge in [-0.25, -0.2) is 0 Å². The predicted octanol–water partition coefficient (Wildman–Crippen LogP) is 4.61. The molecule has 7 heteroatoms. The van der Waals surface area contributed by atoms with Crippen molar-refractivity contribution in [3.05, 3.63) is 81.5 Å². The minimum Gasteiger partial charge on any atom is -0.398 e. The van der Waals surface area contributed by atoms with Gasteiger partial charge in [0, 0.05) is 41.0 Å². The molecule has 0 unspecified atom stereocenters. The number of benzene rings is 2. The van der Waals surface area contributed by atoms with Crippen LogP contribution in [-0.2, 0) is 0 Å².